The third-order valence-corrected chi connectivity index (χ3v) is 2.85. The molecule has 1 aromatic carbocycles. The summed E-state index contributed by atoms with van der Waals surface area (Å²) in [4.78, 5) is 2.25. The molecule has 2 N–H and O–H groups in total. The van der Waals surface area contributed by atoms with Crippen molar-refractivity contribution in [1.82, 2.24) is 0 Å². The second-order valence-electron chi connectivity index (χ2n) is 4.24. The van der Waals surface area contributed by atoms with Gasteiger partial charge in [0.1, 0.15) is 0 Å². The first-order valence-corrected chi connectivity index (χ1v) is 5.67. The van der Waals surface area contributed by atoms with Gasteiger partial charge in [0.25, 0.3) is 0 Å². The lowest BCUT2D eigenvalue weighted by Gasteiger charge is -2.22. The molecule has 1 aliphatic carbocycles. The minimum absolute atomic E-state index is 0.905. The topological polar surface area (TPSA) is 29.3 Å². The van der Waals surface area contributed by atoms with Crippen molar-refractivity contribution in [3.63, 3.8) is 0 Å². The average Bonchev–Trinajstić information content (AvgIpc) is 2.30. The van der Waals surface area contributed by atoms with E-state index in [1.165, 1.54) is 11.3 Å². The second-order valence-corrected chi connectivity index (χ2v) is 4.24. The van der Waals surface area contributed by atoms with Gasteiger partial charge in [-0.15, -0.1) is 0 Å². The van der Waals surface area contributed by atoms with E-state index in [2.05, 4.69) is 48.4 Å². The number of rotatable bonds is 3. The summed E-state index contributed by atoms with van der Waals surface area (Å²) in [6, 6.07) is 10.4. The molecule has 84 valence electrons. The fourth-order valence-corrected chi connectivity index (χ4v) is 1.99. The van der Waals surface area contributed by atoms with Crippen LogP contribution in [-0.4, -0.2) is 13.6 Å². The van der Waals surface area contributed by atoms with Crippen molar-refractivity contribution in [1.29, 1.82) is 0 Å². The molecule has 1 aliphatic rings. The van der Waals surface area contributed by atoms with Gasteiger partial charge in [0, 0.05) is 25.0 Å². The van der Waals surface area contributed by atoms with E-state index in [4.69, 9.17) is 5.73 Å². The highest BCUT2D eigenvalue weighted by Gasteiger charge is 2.06. The van der Waals surface area contributed by atoms with Gasteiger partial charge < -0.3 is 10.6 Å². The van der Waals surface area contributed by atoms with Crippen LogP contribution in [0, 0.1) is 0 Å². The minimum Gasteiger partial charge on any atom is -0.399 e. The Bertz CT molecular complexity index is 404. The van der Waals surface area contributed by atoms with Gasteiger partial charge in [-0.25, -0.2) is 0 Å². The normalized spacial score (nSPS) is 15.3. The van der Waals surface area contributed by atoms with Crippen LogP contribution in [-0.2, 0) is 0 Å². The summed E-state index contributed by atoms with van der Waals surface area (Å²) in [5.41, 5.74) is 9.37. The fourth-order valence-electron chi connectivity index (χ4n) is 1.99. The van der Waals surface area contributed by atoms with Gasteiger partial charge in [0.05, 0.1) is 0 Å². The zero-order valence-corrected chi connectivity index (χ0v) is 9.69. The summed E-state index contributed by atoms with van der Waals surface area (Å²) in [6.45, 7) is 0.957. The molecule has 2 nitrogen and oxygen atoms in total. The Morgan fingerprint density at radius 3 is 2.69 bits per heavy atom. The van der Waals surface area contributed by atoms with Gasteiger partial charge >= 0.3 is 0 Å². The van der Waals surface area contributed by atoms with E-state index in [0.717, 1.165) is 25.1 Å². The monoisotopic (exact) mass is 214 g/mol. The summed E-state index contributed by atoms with van der Waals surface area (Å²) >= 11 is 0. The fraction of sp³-hybridized carbons (Fsp3) is 0.286. The zero-order chi connectivity index (χ0) is 11.4. The maximum Gasteiger partial charge on any atom is 0.0389 e. The molecule has 0 saturated heterocycles. The standard InChI is InChI=1S/C14H18N2/c1-16(14-8-3-2-4-9-14)11-12-6-5-7-13(15)10-12/h2-4,7-10H,5-6,11,15H2,1H3. The molecule has 0 bridgehead atoms. The second kappa shape index (κ2) is 4.88. The van der Waals surface area contributed by atoms with Crippen molar-refractivity contribution >= 4 is 5.69 Å². The molecule has 0 saturated carbocycles. The van der Waals surface area contributed by atoms with Gasteiger partial charge in [-0.05, 0) is 36.6 Å². The Balaban J connectivity index is 2.03. The zero-order valence-electron chi connectivity index (χ0n) is 9.69. The highest BCUT2D eigenvalue weighted by atomic mass is 15.1. The molecule has 2 heteroatoms. The number of likely N-dealkylation sites (N-methyl/N-ethyl adjacent to an activating group) is 1. The molecule has 2 rings (SSSR count). The van der Waals surface area contributed by atoms with Crippen molar-refractivity contribution in [3.8, 4) is 0 Å². The SMILES string of the molecule is CN(CC1=CC(N)=CCC1)c1ccccc1. The van der Waals surface area contributed by atoms with Crippen LogP contribution >= 0.6 is 0 Å². The number of hydrogen-bond acceptors (Lipinski definition) is 2. The molecule has 16 heavy (non-hydrogen) atoms. The quantitative estimate of drug-likeness (QED) is 0.838. The first-order valence-electron chi connectivity index (χ1n) is 5.67. The third kappa shape index (κ3) is 2.66. The smallest absolute Gasteiger partial charge is 0.0389 e. The highest BCUT2D eigenvalue weighted by Crippen LogP contribution is 2.18. The van der Waals surface area contributed by atoms with Crippen molar-refractivity contribution in [2.75, 3.05) is 18.5 Å². The van der Waals surface area contributed by atoms with Crippen LogP contribution in [0.25, 0.3) is 0 Å². The number of allylic oxidation sites excluding steroid dienone is 2. The van der Waals surface area contributed by atoms with E-state index >= 15 is 0 Å². The number of anilines is 1. The maximum atomic E-state index is 5.81. The van der Waals surface area contributed by atoms with Gasteiger partial charge in [-0.2, -0.15) is 0 Å². The molecule has 0 unspecified atom stereocenters. The predicted molar refractivity (Wildman–Crippen MR) is 69.3 cm³/mol. The molecule has 1 aromatic rings. The largest absolute Gasteiger partial charge is 0.399 e. The summed E-state index contributed by atoms with van der Waals surface area (Å²) in [6.07, 6.45) is 6.38. The molecule has 0 radical (unpaired) electrons. The van der Waals surface area contributed by atoms with Crippen LogP contribution in [0.5, 0.6) is 0 Å². The number of benzene rings is 1. The molecule has 0 fully saturated rings. The summed E-state index contributed by atoms with van der Waals surface area (Å²) in [7, 11) is 2.12. The first kappa shape index (κ1) is 10.8. The number of nitrogens with zero attached hydrogens (tertiary/aromatic N) is 1. The minimum atomic E-state index is 0.905. The molecule has 0 heterocycles. The third-order valence-electron chi connectivity index (χ3n) is 2.85. The Morgan fingerprint density at radius 1 is 1.25 bits per heavy atom. The lowest BCUT2D eigenvalue weighted by Crippen LogP contribution is -2.21. The molecule has 0 spiro atoms. The Labute approximate surface area is 97.1 Å². The Morgan fingerprint density at radius 2 is 2.00 bits per heavy atom. The Hall–Kier alpha value is -1.70. The van der Waals surface area contributed by atoms with Crippen molar-refractivity contribution in [2.24, 2.45) is 5.73 Å². The van der Waals surface area contributed by atoms with Crippen molar-refractivity contribution < 1.29 is 0 Å². The van der Waals surface area contributed by atoms with Crippen LogP contribution < -0.4 is 10.6 Å². The van der Waals surface area contributed by atoms with Gasteiger partial charge in [-0.3, -0.25) is 0 Å². The van der Waals surface area contributed by atoms with Gasteiger partial charge in [0.15, 0.2) is 0 Å². The van der Waals surface area contributed by atoms with Crippen LogP contribution in [0.3, 0.4) is 0 Å². The van der Waals surface area contributed by atoms with Crippen molar-refractivity contribution in [2.45, 2.75) is 12.8 Å². The lowest BCUT2D eigenvalue weighted by molar-refractivity contribution is 0.863. The summed E-state index contributed by atoms with van der Waals surface area (Å²) < 4.78 is 0. The lowest BCUT2D eigenvalue weighted by atomic mass is 10.0. The molecular formula is C14H18N2. The van der Waals surface area contributed by atoms with Crippen molar-refractivity contribution in [3.05, 3.63) is 53.8 Å². The molecule has 0 aliphatic heterocycles. The van der Waals surface area contributed by atoms with Gasteiger partial charge in [-0.1, -0.05) is 24.3 Å². The predicted octanol–water partition coefficient (Wildman–Crippen LogP) is 2.69. The van der Waals surface area contributed by atoms with Crippen LogP contribution in [0.4, 0.5) is 5.69 Å². The van der Waals surface area contributed by atoms with E-state index in [0.29, 0.717) is 0 Å². The van der Waals surface area contributed by atoms with E-state index in [1.54, 1.807) is 0 Å². The first-order chi connectivity index (χ1) is 7.75. The Kier molecular flexibility index (Phi) is 3.30. The molecule has 0 aromatic heterocycles. The van der Waals surface area contributed by atoms with E-state index in [1.807, 2.05) is 6.07 Å². The molecule has 0 amide bonds. The van der Waals surface area contributed by atoms with E-state index < -0.39 is 0 Å². The molecule has 0 atom stereocenters. The number of hydrogen-bond donors (Lipinski definition) is 1. The number of para-hydroxylation sites is 1. The van der Waals surface area contributed by atoms with Gasteiger partial charge in [0.2, 0.25) is 0 Å². The summed E-state index contributed by atoms with van der Waals surface area (Å²) in [5.74, 6) is 0. The van der Waals surface area contributed by atoms with E-state index in [-0.39, 0.29) is 0 Å². The molecular weight excluding hydrogens is 196 g/mol. The average molecular weight is 214 g/mol. The van der Waals surface area contributed by atoms with E-state index in [9.17, 15) is 0 Å². The maximum absolute atomic E-state index is 5.81. The van der Waals surface area contributed by atoms with Crippen LogP contribution in [0.1, 0.15) is 12.8 Å². The number of nitrogens with two attached hydrogens (primary N) is 1. The van der Waals surface area contributed by atoms with Crippen LogP contribution in [0.15, 0.2) is 53.8 Å². The summed E-state index contributed by atoms with van der Waals surface area (Å²) in [5, 5.41) is 0. The highest BCUT2D eigenvalue weighted by molar-refractivity contribution is 5.47. The van der Waals surface area contributed by atoms with Crippen LogP contribution in [0.2, 0.25) is 0 Å².